The normalized spacial score (nSPS) is 39.5. The number of benzene rings is 1. The zero-order valence-corrected chi connectivity index (χ0v) is 57.3. The van der Waals surface area contributed by atoms with Gasteiger partial charge in [-0.25, -0.2) is 0 Å². The maximum Gasteiger partial charge on any atom is 0.0798 e. The van der Waals surface area contributed by atoms with E-state index in [4.69, 9.17) is 9.47 Å². The fraction of sp³-hybridized carbons (Fsp3) is 0.651. The van der Waals surface area contributed by atoms with Gasteiger partial charge in [0.05, 0.1) is 30.5 Å². The van der Waals surface area contributed by atoms with Crippen LogP contribution in [0.2, 0.25) is 0 Å². The van der Waals surface area contributed by atoms with Crippen LogP contribution in [0.4, 0.5) is 0 Å². The van der Waals surface area contributed by atoms with Crippen LogP contribution in [0.15, 0.2) is 168 Å². The predicted molar refractivity (Wildman–Crippen MR) is 377 cm³/mol. The topological polar surface area (TPSA) is 24.9 Å². The van der Waals surface area contributed by atoms with Crippen molar-refractivity contribution in [3.8, 4) is 0 Å². The Morgan fingerprint density at radius 1 is 0.622 bits per heavy atom. The van der Waals surface area contributed by atoms with Crippen LogP contribution in [-0.2, 0) is 20.3 Å². The van der Waals surface area contributed by atoms with Crippen LogP contribution >= 0.6 is 0 Å². The highest BCUT2D eigenvalue weighted by atomic mass is 16.5. The smallest absolute Gasteiger partial charge is 0.0798 e. The van der Waals surface area contributed by atoms with E-state index in [1.165, 1.54) is 146 Å². The number of hydrogen-bond donors (Lipinski definition) is 0. The van der Waals surface area contributed by atoms with Gasteiger partial charge in [0.25, 0.3) is 0 Å². The van der Waals surface area contributed by atoms with Gasteiger partial charge in [-0.2, -0.15) is 0 Å². The zero-order valence-electron chi connectivity index (χ0n) is 57.3. The first-order valence-corrected chi connectivity index (χ1v) is 37.7. The Morgan fingerprint density at radius 2 is 1.42 bits per heavy atom. The summed E-state index contributed by atoms with van der Waals surface area (Å²) in [6.45, 7) is 25.6. The maximum atomic E-state index is 7.05. The molecule has 0 radical (unpaired) electrons. The van der Waals surface area contributed by atoms with E-state index in [-0.39, 0.29) is 28.5 Å². The minimum Gasteiger partial charge on any atom is -0.374 e. The van der Waals surface area contributed by atoms with Crippen molar-refractivity contribution in [2.24, 2.45) is 58.2 Å². The maximum absolute atomic E-state index is 7.05. The van der Waals surface area contributed by atoms with E-state index in [0.29, 0.717) is 65.5 Å². The van der Waals surface area contributed by atoms with Crippen LogP contribution in [0.5, 0.6) is 0 Å². The largest absolute Gasteiger partial charge is 0.374 e. The predicted octanol–water partition coefficient (Wildman–Crippen LogP) is 21.7. The lowest BCUT2D eigenvalue weighted by Gasteiger charge is -2.52. The fourth-order valence-corrected chi connectivity index (χ4v) is 21.9. The van der Waals surface area contributed by atoms with Crippen molar-refractivity contribution in [3.63, 3.8) is 0 Å². The number of rotatable bonds is 14. The number of hydrogen-bond acceptors (Lipinski definition) is 4. The van der Waals surface area contributed by atoms with Gasteiger partial charge >= 0.3 is 0 Å². The molecule has 1 aromatic rings. The summed E-state index contributed by atoms with van der Waals surface area (Å²) in [7, 11) is 0. The van der Waals surface area contributed by atoms with Crippen LogP contribution < -0.4 is 0 Å². The number of nitrogens with zero attached hydrogens (tertiary/aromatic N) is 2. The molecule has 4 fully saturated rings. The molecule has 0 spiro atoms. The molecular weight excluding hydrogens is 1090 g/mol. The Balaban J connectivity index is 0.743. The second-order valence-electron chi connectivity index (χ2n) is 34.0. The van der Waals surface area contributed by atoms with Crippen molar-refractivity contribution in [2.75, 3.05) is 0 Å². The second kappa shape index (κ2) is 26.1. The SMILES string of the molecule is C=CC1=CCC(OC2CC=C(C3(C4=CCC(C(C)(C)C)C=C4)c4ccccc4C4(C)C=CC(N(C5=CCC(C6CCC7C(C6)C6=CCCCC6N7C6=CCC(OC7CCC(C=C)CC7)C=C6)CC5)C5CC=C(C6CCC(C(C)(C)C)CC6)CC5)CC43)CC2)CC1. The van der Waals surface area contributed by atoms with Crippen molar-refractivity contribution < 1.29 is 9.47 Å². The van der Waals surface area contributed by atoms with E-state index < -0.39 is 0 Å². The Hall–Kier alpha value is -4.38. The molecule has 14 unspecified atom stereocenters. The number of ether oxygens (including phenoxy) is 2. The van der Waals surface area contributed by atoms with Gasteiger partial charge in [0.1, 0.15) is 0 Å². The van der Waals surface area contributed by atoms with E-state index in [2.05, 4.69) is 187 Å². The van der Waals surface area contributed by atoms with Gasteiger partial charge in [0.15, 0.2) is 0 Å². The van der Waals surface area contributed by atoms with Crippen LogP contribution in [0.1, 0.15) is 246 Å². The van der Waals surface area contributed by atoms with E-state index in [1.54, 1.807) is 28.0 Å². The lowest BCUT2D eigenvalue weighted by atomic mass is 9.54. The summed E-state index contributed by atoms with van der Waals surface area (Å²) in [6, 6.07) is 12.0. The van der Waals surface area contributed by atoms with Crippen LogP contribution in [0, 0.1) is 58.2 Å². The number of likely N-dealkylation sites (tertiary alicyclic amines) is 1. The van der Waals surface area contributed by atoms with E-state index in [1.807, 2.05) is 11.1 Å². The number of allylic oxidation sites excluding steroid dienone is 14. The molecule has 1 saturated heterocycles. The number of fused-ring (bicyclic) bond motifs is 6. The summed E-state index contributed by atoms with van der Waals surface area (Å²) in [4.78, 5) is 6.10. The summed E-state index contributed by atoms with van der Waals surface area (Å²) in [5.41, 5.74) is 15.0. The molecule has 0 bridgehead atoms. The molecule has 90 heavy (non-hydrogen) atoms. The lowest BCUT2D eigenvalue weighted by molar-refractivity contribution is -0.0216. The molecule has 0 N–H and O–H groups in total. The van der Waals surface area contributed by atoms with Gasteiger partial charge in [-0.05, 0) is 267 Å². The van der Waals surface area contributed by atoms with E-state index >= 15 is 0 Å². The molecular formula is C86H118N2O2. The average Bonchev–Trinajstić information content (AvgIpc) is 1.52. The summed E-state index contributed by atoms with van der Waals surface area (Å²) in [5.74, 6) is 5.54. The first kappa shape index (κ1) is 63.0. The highest BCUT2D eigenvalue weighted by molar-refractivity contribution is 5.64. The summed E-state index contributed by atoms with van der Waals surface area (Å²) in [6.07, 6.45) is 75.8. The van der Waals surface area contributed by atoms with Gasteiger partial charge in [-0.15, -0.1) is 6.58 Å². The molecule has 1 aliphatic heterocycles. The molecule has 12 aliphatic carbocycles. The summed E-state index contributed by atoms with van der Waals surface area (Å²) < 4.78 is 13.8. The first-order chi connectivity index (χ1) is 43.6. The molecule has 0 amide bonds. The molecule has 4 nitrogen and oxygen atoms in total. The van der Waals surface area contributed by atoms with E-state index in [0.717, 1.165) is 75.0 Å². The first-order valence-electron chi connectivity index (χ1n) is 37.7. The highest BCUT2D eigenvalue weighted by Gasteiger charge is 2.62. The van der Waals surface area contributed by atoms with Gasteiger partial charge < -0.3 is 19.3 Å². The van der Waals surface area contributed by atoms with Crippen molar-refractivity contribution in [2.45, 2.75) is 294 Å². The fourth-order valence-electron chi connectivity index (χ4n) is 21.9. The van der Waals surface area contributed by atoms with E-state index in [9.17, 15) is 0 Å². The van der Waals surface area contributed by atoms with Gasteiger partial charge in [-0.3, -0.25) is 0 Å². The molecule has 4 heteroatoms. The quantitative estimate of drug-likeness (QED) is 0.173. The molecule has 1 aromatic carbocycles. The van der Waals surface area contributed by atoms with Crippen LogP contribution in [0.3, 0.4) is 0 Å². The molecule has 14 rings (SSSR count). The Kier molecular flexibility index (Phi) is 18.3. The third kappa shape index (κ3) is 12.2. The third-order valence-electron chi connectivity index (χ3n) is 27.2. The van der Waals surface area contributed by atoms with Crippen molar-refractivity contribution in [1.29, 1.82) is 0 Å². The zero-order chi connectivity index (χ0) is 61.9. The Labute approximate surface area is 547 Å². The van der Waals surface area contributed by atoms with Crippen molar-refractivity contribution in [3.05, 3.63) is 179 Å². The van der Waals surface area contributed by atoms with Crippen molar-refractivity contribution >= 4 is 0 Å². The minimum atomic E-state index is -0.193. The van der Waals surface area contributed by atoms with Crippen molar-refractivity contribution in [1.82, 2.24) is 9.80 Å². The molecule has 14 atom stereocenters. The van der Waals surface area contributed by atoms with Crippen LogP contribution in [-0.4, -0.2) is 58.4 Å². The van der Waals surface area contributed by atoms with Gasteiger partial charge in [0.2, 0.25) is 0 Å². The Morgan fingerprint density at radius 3 is 2.08 bits per heavy atom. The third-order valence-corrected chi connectivity index (χ3v) is 27.2. The molecule has 1 heterocycles. The van der Waals surface area contributed by atoms with Crippen LogP contribution in [0.25, 0.3) is 0 Å². The molecule has 13 aliphatic rings. The average molecular weight is 1210 g/mol. The van der Waals surface area contributed by atoms with Gasteiger partial charge in [0, 0.05) is 46.3 Å². The summed E-state index contributed by atoms with van der Waals surface area (Å²) in [5, 5.41) is 0. The lowest BCUT2D eigenvalue weighted by Crippen LogP contribution is -2.51. The van der Waals surface area contributed by atoms with Gasteiger partial charge in [-0.1, -0.05) is 181 Å². The molecule has 0 aromatic heterocycles. The second-order valence-corrected chi connectivity index (χ2v) is 34.0. The minimum absolute atomic E-state index is 0.0792. The highest BCUT2D eigenvalue weighted by Crippen LogP contribution is 2.66. The molecule has 484 valence electrons. The Bertz CT molecular complexity index is 3120. The molecule has 3 saturated carbocycles. The standard InChI is InChI=1S/C86H118N2O2/c1-10-58-20-45-72(46-21-58)89-74-49-37-67(38-50-74)86(66-35-33-65(34-36-66)84(6,7)8)79-18-14-13-17-78(79)85(9)55-54-71(57-82(85)86)87(68-39-26-61(27-40-68)60-24-31-64(32-25-60)83(3,4)5)69-41-28-62(29-42-69)63-30-53-81-77(56-63)76-16-12-15-19-80(76)88(81)70-43-51-75(52-44-70)90-73-47-22-59(11-2)23-48-73/h10-11,13-14,16-18,20,26,33,35-37,41,43-44,51,54-55,59-60,62-65,68,71-75,77,80-82H,1-2,12,15,19,21-25,27-32,34,38-40,42,45-50,52-53,56-57H2,3-9H3. The summed E-state index contributed by atoms with van der Waals surface area (Å²) >= 11 is 0. The monoisotopic (exact) mass is 1210 g/mol.